The molecule has 0 aliphatic carbocycles. The van der Waals surface area contributed by atoms with Crippen LogP contribution >= 0.6 is 0 Å². The summed E-state index contributed by atoms with van der Waals surface area (Å²) in [5.41, 5.74) is 2.91. The Morgan fingerprint density at radius 2 is 2.07 bits per heavy atom. The number of halogens is 1. The van der Waals surface area contributed by atoms with E-state index in [-0.39, 0.29) is 11.6 Å². The maximum absolute atomic E-state index is 14.4. The zero-order valence-electron chi connectivity index (χ0n) is 16.4. The smallest absolute Gasteiger partial charge is 0.260 e. The number of hydrogen-bond acceptors (Lipinski definition) is 4. The first-order valence-corrected chi connectivity index (χ1v) is 9.90. The molecule has 0 spiro atoms. The van der Waals surface area contributed by atoms with Gasteiger partial charge in [0.2, 0.25) is 0 Å². The molecule has 0 unspecified atom stereocenters. The molecule has 4 aromatic heterocycles. The summed E-state index contributed by atoms with van der Waals surface area (Å²) in [4.78, 5) is 21.9. The zero-order chi connectivity index (χ0) is 20.1. The summed E-state index contributed by atoms with van der Waals surface area (Å²) in [6.07, 6.45) is 7.30. The van der Waals surface area contributed by atoms with Crippen LogP contribution in [0.15, 0.2) is 47.7 Å². The summed E-state index contributed by atoms with van der Waals surface area (Å²) in [6, 6.07) is 7.49. The summed E-state index contributed by atoms with van der Waals surface area (Å²) >= 11 is 0. The number of aromatic nitrogens is 4. The van der Waals surface area contributed by atoms with E-state index < -0.39 is 5.82 Å². The lowest BCUT2D eigenvalue weighted by atomic mass is 10.00. The van der Waals surface area contributed by atoms with Crippen molar-refractivity contribution in [1.29, 1.82) is 0 Å². The third-order valence-corrected chi connectivity index (χ3v) is 5.69. The Labute approximate surface area is 167 Å². The zero-order valence-corrected chi connectivity index (χ0v) is 16.4. The normalized spacial score (nSPS) is 19.8. The van der Waals surface area contributed by atoms with Crippen molar-refractivity contribution in [3.05, 3.63) is 64.7 Å². The van der Waals surface area contributed by atoms with Crippen LogP contribution in [0.5, 0.6) is 0 Å². The number of aryl methyl sites for hydroxylation is 1. The number of imidazole rings is 1. The molecule has 7 heteroatoms. The van der Waals surface area contributed by atoms with Crippen LogP contribution in [0.4, 0.5) is 4.39 Å². The summed E-state index contributed by atoms with van der Waals surface area (Å²) in [6.45, 7) is 4.88. The van der Waals surface area contributed by atoms with Crippen molar-refractivity contribution in [2.75, 3.05) is 6.54 Å². The van der Waals surface area contributed by atoms with Crippen molar-refractivity contribution in [3.63, 3.8) is 0 Å². The van der Waals surface area contributed by atoms with E-state index in [4.69, 9.17) is 0 Å². The molecular weight excluding hydrogens is 369 g/mol. The minimum atomic E-state index is -0.395. The standard InChI is InChI=1S/C22H22FN5O/c1-13-9-16(5-7-24-13)28-8-6-20-17(22(28)29)3-4-19(26-20)15-10-18(23)21-25-14(2)11-27(21)12-15/h3-4,6,8,10-13,16,24H,5,7,9H2,1-2H3/t13-,16-/m0/s1. The predicted octanol–water partition coefficient (Wildman–Crippen LogP) is 3.47. The van der Waals surface area contributed by atoms with Crippen molar-refractivity contribution in [3.8, 4) is 11.3 Å². The Kier molecular flexibility index (Phi) is 4.20. The van der Waals surface area contributed by atoms with Crippen LogP contribution in [0.1, 0.15) is 31.5 Å². The number of fused-ring (bicyclic) bond motifs is 2. The maximum atomic E-state index is 14.4. The molecule has 1 fully saturated rings. The van der Waals surface area contributed by atoms with Gasteiger partial charge in [-0.15, -0.1) is 0 Å². The second kappa shape index (κ2) is 6.77. The number of nitrogens with zero attached hydrogens (tertiary/aromatic N) is 4. The lowest BCUT2D eigenvalue weighted by molar-refractivity contribution is 0.309. The van der Waals surface area contributed by atoms with E-state index >= 15 is 0 Å². The van der Waals surface area contributed by atoms with Crippen LogP contribution in [0.2, 0.25) is 0 Å². The van der Waals surface area contributed by atoms with Crippen LogP contribution in [-0.2, 0) is 0 Å². The van der Waals surface area contributed by atoms with Gasteiger partial charge in [-0.2, -0.15) is 0 Å². The number of pyridine rings is 3. The first-order chi connectivity index (χ1) is 14.0. The van der Waals surface area contributed by atoms with E-state index in [0.29, 0.717) is 33.8 Å². The monoisotopic (exact) mass is 391 g/mol. The molecule has 4 aromatic rings. The lowest BCUT2D eigenvalue weighted by Gasteiger charge is -2.29. The van der Waals surface area contributed by atoms with Gasteiger partial charge in [-0.3, -0.25) is 4.79 Å². The molecule has 148 valence electrons. The van der Waals surface area contributed by atoms with Gasteiger partial charge in [0.25, 0.3) is 5.56 Å². The highest BCUT2D eigenvalue weighted by molar-refractivity contribution is 5.80. The van der Waals surface area contributed by atoms with E-state index in [1.54, 1.807) is 22.7 Å². The molecule has 1 aliphatic rings. The molecule has 2 atom stereocenters. The molecule has 29 heavy (non-hydrogen) atoms. The predicted molar refractivity (Wildman–Crippen MR) is 111 cm³/mol. The van der Waals surface area contributed by atoms with Gasteiger partial charge in [0.15, 0.2) is 11.5 Å². The second-order valence-electron chi connectivity index (χ2n) is 7.88. The molecule has 6 nitrogen and oxygen atoms in total. The van der Waals surface area contributed by atoms with E-state index in [0.717, 1.165) is 25.1 Å². The number of nitrogens with one attached hydrogen (secondary N) is 1. The average molecular weight is 391 g/mol. The van der Waals surface area contributed by atoms with Crippen molar-refractivity contribution in [2.45, 2.75) is 38.8 Å². The van der Waals surface area contributed by atoms with Crippen LogP contribution in [-0.4, -0.2) is 31.5 Å². The Balaban J connectivity index is 1.58. The fraction of sp³-hybridized carbons (Fsp3) is 0.318. The molecule has 0 saturated carbocycles. The third kappa shape index (κ3) is 3.11. The van der Waals surface area contributed by atoms with E-state index in [2.05, 4.69) is 22.2 Å². The minimum absolute atomic E-state index is 0.0208. The average Bonchev–Trinajstić information content (AvgIpc) is 3.09. The number of rotatable bonds is 2. The Hall–Kier alpha value is -3.06. The van der Waals surface area contributed by atoms with Gasteiger partial charge in [-0.05, 0) is 57.5 Å². The van der Waals surface area contributed by atoms with Gasteiger partial charge in [0.1, 0.15) is 0 Å². The SMILES string of the molecule is Cc1cn2cc(-c3ccc4c(=O)n([C@H]5CCN[C@@H](C)C5)ccc4n3)cc(F)c2n1. The van der Waals surface area contributed by atoms with Gasteiger partial charge >= 0.3 is 0 Å². The number of piperidine rings is 1. The molecule has 5 heterocycles. The molecule has 1 aliphatic heterocycles. The molecule has 0 radical (unpaired) electrons. The maximum Gasteiger partial charge on any atom is 0.260 e. The second-order valence-corrected chi connectivity index (χ2v) is 7.88. The number of hydrogen-bond donors (Lipinski definition) is 1. The highest BCUT2D eigenvalue weighted by Crippen LogP contribution is 2.24. The van der Waals surface area contributed by atoms with Gasteiger partial charge in [-0.1, -0.05) is 0 Å². The van der Waals surface area contributed by atoms with Crippen molar-refractivity contribution in [2.24, 2.45) is 0 Å². The van der Waals surface area contributed by atoms with E-state index in [9.17, 15) is 9.18 Å². The van der Waals surface area contributed by atoms with Crippen LogP contribution < -0.4 is 10.9 Å². The van der Waals surface area contributed by atoms with E-state index in [1.165, 1.54) is 6.07 Å². The first kappa shape index (κ1) is 18.0. The molecular formula is C22H22FN5O. The first-order valence-electron chi connectivity index (χ1n) is 9.90. The van der Waals surface area contributed by atoms with Crippen LogP contribution in [0.25, 0.3) is 27.8 Å². The fourth-order valence-electron chi connectivity index (χ4n) is 4.27. The molecule has 0 aromatic carbocycles. The highest BCUT2D eigenvalue weighted by atomic mass is 19.1. The van der Waals surface area contributed by atoms with Crippen LogP contribution in [0.3, 0.4) is 0 Å². The molecule has 1 N–H and O–H groups in total. The summed E-state index contributed by atoms with van der Waals surface area (Å²) < 4.78 is 17.9. The lowest BCUT2D eigenvalue weighted by Crippen LogP contribution is -2.39. The topological polar surface area (TPSA) is 64.2 Å². The van der Waals surface area contributed by atoms with Gasteiger partial charge < -0.3 is 14.3 Å². The van der Waals surface area contributed by atoms with Crippen LogP contribution in [0, 0.1) is 12.7 Å². The fourth-order valence-corrected chi connectivity index (χ4v) is 4.27. The van der Waals surface area contributed by atoms with E-state index in [1.807, 2.05) is 30.0 Å². The molecule has 0 amide bonds. The Morgan fingerprint density at radius 1 is 1.21 bits per heavy atom. The highest BCUT2D eigenvalue weighted by Gasteiger charge is 2.21. The molecule has 1 saturated heterocycles. The molecule has 0 bridgehead atoms. The van der Waals surface area contributed by atoms with Gasteiger partial charge in [0.05, 0.1) is 22.3 Å². The van der Waals surface area contributed by atoms with Crippen molar-refractivity contribution in [1.82, 2.24) is 24.3 Å². The minimum Gasteiger partial charge on any atom is -0.314 e. The quantitative estimate of drug-likeness (QED) is 0.568. The van der Waals surface area contributed by atoms with Gasteiger partial charge in [-0.25, -0.2) is 14.4 Å². The largest absolute Gasteiger partial charge is 0.314 e. The Morgan fingerprint density at radius 3 is 2.90 bits per heavy atom. The third-order valence-electron chi connectivity index (χ3n) is 5.69. The molecule has 5 rings (SSSR count). The van der Waals surface area contributed by atoms with Crippen molar-refractivity contribution >= 4 is 16.6 Å². The summed E-state index contributed by atoms with van der Waals surface area (Å²) in [7, 11) is 0. The summed E-state index contributed by atoms with van der Waals surface area (Å²) in [5, 5.41) is 4.00. The van der Waals surface area contributed by atoms with Gasteiger partial charge in [0, 0.05) is 36.2 Å². The summed E-state index contributed by atoms with van der Waals surface area (Å²) in [5.74, 6) is -0.395. The Bertz CT molecular complexity index is 1290. The van der Waals surface area contributed by atoms with Crippen molar-refractivity contribution < 1.29 is 4.39 Å².